The van der Waals surface area contributed by atoms with E-state index >= 15 is 0 Å². The molecule has 1 aliphatic rings. The second-order valence-corrected chi connectivity index (χ2v) is 7.90. The second kappa shape index (κ2) is 8.60. The van der Waals surface area contributed by atoms with Crippen molar-refractivity contribution < 1.29 is 27.7 Å². The molecule has 7 nitrogen and oxygen atoms in total. The summed E-state index contributed by atoms with van der Waals surface area (Å²) in [7, 11) is -3.65. The molecule has 0 aliphatic carbocycles. The number of fused-ring (bicyclic) bond motifs is 1. The molecule has 2 aromatic carbocycles. The van der Waals surface area contributed by atoms with E-state index in [9.17, 15) is 13.5 Å². The lowest BCUT2D eigenvalue weighted by molar-refractivity contribution is 0.166. The maximum absolute atomic E-state index is 12.4. The Morgan fingerprint density at radius 2 is 1.89 bits per heavy atom. The summed E-state index contributed by atoms with van der Waals surface area (Å²) in [5.74, 6) is 1.85. The van der Waals surface area contributed by atoms with Crippen LogP contribution in [-0.2, 0) is 10.0 Å². The van der Waals surface area contributed by atoms with Gasteiger partial charge in [0.15, 0.2) is 11.5 Å². The average Bonchev–Trinajstić information content (AvgIpc) is 3.14. The molecule has 3 rings (SSSR count). The molecule has 1 heterocycles. The Morgan fingerprint density at radius 3 is 2.63 bits per heavy atom. The van der Waals surface area contributed by atoms with E-state index in [2.05, 4.69) is 4.72 Å². The van der Waals surface area contributed by atoms with Crippen LogP contribution < -0.4 is 18.9 Å². The molecule has 27 heavy (non-hydrogen) atoms. The van der Waals surface area contributed by atoms with Gasteiger partial charge in [-0.2, -0.15) is 0 Å². The Bertz CT molecular complexity index is 866. The standard InChI is InChI=1S/C19H23NO6S/c1-2-11-24-15-4-6-16(7-5-15)27(22,23)20-10-9-17(21)14-3-8-18-19(12-14)26-13-25-18/h3-8,12,17,20-21H,2,9-11,13H2,1H3. The van der Waals surface area contributed by atoms with Crippen molar-refractivity contribution in [3.05, 3.63) is 48.0 Å². The lowest BCUT2D eigenvalue weighted by Crippen LogP contribution is -2.26. The molecule has 0 amide bonds. The highest BCUT2D eigenvalue weighted by Crippen LogP contribution is 2.34. The molecule has 8 heteroatoms. The molecule has 0 saturated carbocycles. The Balaban J connectivity index is 1.54. The van der Waals surface area contributed by atoms with Gasteiger partial charge in [0.05, 0.1) is 17.6 Å². The van der Waals surface area contributed by atoms with Gasteiger partial charge >= 0.3 is 0 Å². The van der Waals surface area contributed by atoms with Gasteiger partial charge in [-0.1, -0.05) is 13.0 Å². The third kappa shape index (κ3) is 4.91. The molecule has 1 atom stereocenters. The van der Waals surface area contributed by atoms with E-state index in [-0.39, 0.29) is 24.7 Å². The number of benzene rings is 2. The molecule has 0 radical (unpaired) electrons. The predicted molar refractivity (Wildman–Crippen MR) is 99.6 cm³/mol. The van der Waals surface area contributed by atoms with Gasteiger partial charge in [-0.15, -0.1) is 0 Å². The summed E-state index contributed by atoms with van der Waals surface area (Å²) >= 11 is 0. The van der Waals surface area contributed by atoms with E-state index in [4.69, 9.17) is 14.2 Å². The van der Waals surface area contributed by atoms with Crippen molar-refractivity contribution in [1.82, 2.24) is 4.72 Å². The van der Waals surface area contributed by atoms with Crippen molar-refractivity contribution in [1.29, 1.82) is 0 Å². The minimum absolute atomic E-state index is 0.103. The quantitative estimate of drug-likeness (QED) is 0.680. The molecule has 0 saturated heterocycles. The molecule has 0 spiro atoms. The molecule has 0 bridgehead atoms. The van der Waals surface area contributed by atoms with Gasteiger partial charge in [0.1, 0.15) is 5.75 Å². The number of hydrogen-bond donors (Lipinski definition) is 2. The molecule has 1 unspecified atom stereocenters. The van der Waals surface area contributed by atoms with Crippen molar-refractivity contribution in [3.63, 3.8) is 0 Å². The maximum Gasteiger partial charge on any atom is 0.240 e. The van der Waals surface area contributed by atoms with E-state index in [1.807, 2.05) is 6.92 Å². The number of hydrogen-bond acceptors (Lipinski definition) is 6. The molecular formula is C19H23NO6S. The number of ether oxygens (including phenoxy) is 3. The van der Waals surface area contributed by atoms with Gasteiger partial charge in [0, 0.05) is 6.54 Å². The van der Waals surface area contributed by atoms with Gasteiger partial charge in [-0.3, -0.25) is 0 Å². The van der Waals surface area contributed by atoms with Gasteiger partial charge < -0.3 is 19.3 Å². The number of rotatable bonds is 9. The molecule has 0 aromatic heterocycles. The molecule has 146 valence electrons. The van der Waals surface area contributed by atoms with Crippen LogP contribution in [0.15, 0.2) is 47.4 Å². The Morgan fingerprint density at radius 1 is 1.15 bits per heavy atom. The monoisotopic (exact) mass is 393 g/mol. The summed E-state index contributed by atoms with van der Waals surface area (Å²) in [6.07, 6.45) is 0.302. The first-order chi connectivity index (χ1) is 13.0. The fourth-order valence-corrected chi connectivity index (χ4v) is 3.68. The lowest BCUT2D eigenvalue weighted by atomic mass is 10.1. The third-order valence-electron chi connectivity index (χ3n) is 4.10. The van der Waals surface area contributed by atoms with Crippen LogP contribution in [0.5, 0.6) is 17.2 Å². The van der Waals surface area contributed by atoms with E-state index in [1.165, 1.54) is 12.1 Å². The summed E-state index contributed by atoms with van der Waals surface area (Å²) in [5, 5.41) is 10.3. The zero-order valence-corrected chi connectivity index (χ0v) is 15.9. The summed E-state index contributed by atoms with van der Waals surface area (Å²) in [6, 6.07) is 11.4. The Hall–Kier alpha value is -2.29. The van der Waals surface area contributed by atoms with E-state index in [1.54, 1.807) is 30.3 Å². The first kappa shape index (κ1) is 19.5. The maximum atomic E-state index is 12.4. The highest BCUT2D eigenvalue weighted by molar-refractivity contribution is 7.89. The van der Waals surface area contributed by atoms with Crippen molar-refractivity contribution in [2.75, 3.05) is 19.9 Å². The number of sulfonamides is 1. The van der Waals surface area contributed by atoms with Crippen molar-refractivity contribution in [3.8, 4) is 17.2 Å². The fraction of sp³-hybridized carbons (Fsp3) is 0.368. The predicted octanol–water partition coefficient (Wildman–Crippen LogP) is 2.61. The van der Waals surface area contributed by atoms with Crippen LogP contribution in [0.3, 0.4) is 0 Å². The minimum Gasteiger partial charge on any atom is -0.494 e. The Labute approximate surface area is 158 Å². The minimum atomic E-state index is -3.65. The van der Waals surface area contributed by atoms with Gasteiger partial charge in [-0.05, 0) is 54.8 Å². The number of aliphatic hydroxyl groups is 1. The summed E-state index contributed by atoms with van der Waals surface area (Å²) in [5.41, 5.74) is 0.649. The van der Waals surface area contributed by atoms with Crippen LogP contribution in [-0.4, -0.2) is 33.5 Å². The highest BCUT2D eigenvalue weighted by Gasteiger charge is 2.18. The van der Waals surface area contributed by atoms with Crippen molar-refractivity contribution in [2.24, 2.45) is 0 Å². The zero-order valence-electron chi connectivity index (χ0n) is 15.1. The lowest BCUT2D eigenvalue weighted by Gasteiger charge is -2.13. The topological polar surface area (TPSA) is 94.1 Å². The average molecular weight is 393 g/mol. The normalized spacial score (nSPS) is 14.1. The Kier molecular flexibility index (Phi) is 6.20. The van der Waals surface area contributed by atoms with Crippen LogP contribution in [0.25, 0.3) is 0 Å². The fourth-order valence-electron chi connectivity index (χ4n) is 2.64. The van der Waals surface area contributed by atoms with Crippen molar-refractivity contribution in [2.45, 2.75) is 30.8 Å². The van der Waals surface area contributed by atoms with Gasteiger partial charge in [-0.25, -0.2) is 13.1 Å². The van der Waals surface area contributed by atoms with Crippen LogP contribution in [0.2, 0.25) is 0 Å². The van der Waals surface area contributed by atoms with E-state index in [0.717, 1.165) is 6.42 Å². The molecule has 0 fully saturated rings. The van der Waals surface area contributed by atoms with E-state index < -0.39 is 16.1 Å². The third-order valence-corrected chi connectivity index (χ3v) is 5.58. The smallest absolute Gasteiger partial charge is 0.240 e. The first-order valence-electron chi connectivity index (χ1n) is 8.80. The van der Waals surface area contributed by atoms with E-state index in [0.29, 0.717) is 29.4 Å². The summed E-state index contributed by atoms with van der Waals surface area (Å²) in [6.45, 7) is 2.85. The molecule has 2 N–H and O–H groups in total. The largest absolute Gasteiger partial charge is 0.494 e. The van der Waals surface area contributed by atoms with Crippen molar-refractivity contribution >= 4 is 10.0 Å². The molecular weight excluding hydrogens is 370 g/mol. The van der Waals surface area contributed by atoms with Crippen LogP contribution >= 0.6 is 0 Å². The molecule has 2 aromatic rings. The summed E-state index contributed by atoms with van der Waals surface area (Å²) < 4.78 is 43.2. The van der Waals surface area contributed by atoms with Crippen LogP contribution in [0.4, 0.5) is 0 Å². The van der Waals surface area contributed by atoms with Gasteiger partial charge in [0.25, 0.3) is 0 Å². The SMILES string of the molecule is CCCOc1ccc(S(=O)(=O)NCCC(O)c2ccc3c(c2)OCO3)cc1. The zero-order chi connectivity index (χ0) is 19.3. The first-order valence-corrected chi connectivity index (χ1v) is 10.3. The molecule has 1 aliphatic heterocycles. The van der Waals surface area contributed by atoms with Crippen LogP contribution in [0, 0.1) is 0 Å². The number of aliphatic hydroxyl groups excluding tert-OH is 1. The second-order valence-electron chi connectivity index (χ2n) is 6.13. The van der Waals surface area contributed by atoms with Crippen LogP contribution in [0.1, 0.15) is 31.4 Å². The number of nitrogens with one attached hydrogen (secondary N) is 1. The highest BCUT2D eigenvalue weighted by atomic mass is 32.2. The summed E-state index contributed by atoms with van der Waals surface area (Å²) in [4.78, 5) is 0.156. The van der Waals surface area contributed by atoms with Gasteiger partial charge in [0.2, 0.25) is 16.8 Å².